The minimum absolute atomic E-state index is 0.143. The molecule has 10 heteroatoms. The second-order valence-electron chi connectivity index (χ2n) is 8.09. The van der Waals surface area contributed by atoms with Crippen LogP contribution in [0.5, 0.6) is 0 Å². The van der Waals surface area contributed by atoms with Crippen molar-refractivity contribution in [1.29, 1.82) is 0 Å². The van der Waals surface area contributed by atoms with Gasteiger partial charge in [0.15, 0.2) is 5.78 Å². The topological polar surface area (TPSA) is 148 Å². The van der Waals surface area contributed by atoms with E-state index in [0.29, 0.717) is 44.3 Å². The Bertz CT molecular complexity index is 683. The Morgan fingerprint density at radius 2 is 1.87 bits per heavy atom. The minimum Gasteiger partial charge on any atom is -0.393 e. The molecule has 2 aliphatic rings. The highest BCUT2D eigenvalue weighted by Gasteiger charge is 2.32. The van der Waals surface area contributed by atoms with Crippen molar-refractivity contribution in [2.45, 2.75) is 69.6 Å². The highest BCUT2D eigenvalue weighted by atomic mass is 16.3. The van der Waals surface area contributed by atoms with Crippen molar-refractivity contribution in [2.75, 3.05) is 26.2 Å². The van der Waals surface area contributed by atoms with E-state index < -0.39 is 36.5 Å². The molecule has 2 rings (SSSR count). The van der Waals surface area contributed by atoms with E-state index in [0.717, 1.165) is 12.8 Å². The van der Waals surface area contributed by atoms with E-state index in [-0.39, 0.29) is 31.3 Å². The van der Waals surface area contributed by atoms with Gasteiger partial charge in [0.25, 0.3) is 0 Å². The zero-order valence-corrected chi connectivity index (χ0v) is 17.9. The monoisotopic (exact) mass is 438 g/mol. The molecule has 0 aromatic heterocycles. The van der Waals surface area contributed by atoms with Gasteiger partial charge in [0.1, 0.15) is 18.2 Å². The van der Waals surface area contributed by atoms with E-state index in [4.69, 9.17) is 5.11 Å². The summed E-state index contributed by atoms with van der Waals surface area (Å²) < 4.78 is 0. The number of hydrogen-bond donors (Lipinski definition) is 5. The number of hydrogen-bond acceptors (Lipinski definition) is 7. The number of carbonyl (C=O) groups is 4. The molecule has 2 fully saturated rings. The zero-order valence-electron chi connectivity index (χ0n) is 17.9. The number of nitrogens with one attached hydrogen (secondary N) is 3. The first-order chi connectivity index (χ1) is 14.8. The van der Waals surface area contributed by atoms with Gasteiger partial charge in [-0.15, -0.1) is 0 Å². The van der Waals surface area contributed by atoms with E-state index >= 15 is 0 Å². The number of nitrogens with zero attached hydrogens (tertiary/aromatic N) is 1. The summed E-state index contributed by atoms with van der Waals surface area (Å²) in [5.41, 5.74) is 0.673. The molecule has 3 amide bonds. The first-order valence-electron chi connectivity index (χ1n) is 10.9. The Morgan fingerprint density at radius 3 is 2.61 bits per heavy atom. The molecule has 0 radical (unpaired) electrons. The van der Waals surface area contributed by atoms with Crippen LogP contribution in [0, 0.1) is 0 Å². The van der Waals surface area contributed by atoms with Crippen LogP contribution in [0.25, 0.3) is 0 Å². The standard InChI is InChI=1S/C21H34N4O6/c1-14-11-22-19(29)12-23-20(30)15(7-3-2-4-9-17(27)18(28)13-26)24-21(31)16-8-5-6-10-25(14)16/h15-16,18,26,28H,1-13H2,(H,22,29)(H,23,30)(H,24,31)/t15-,16?,18?/m0/s1. The predicted molar refractivity (Wildman–Crippen MR) is 113 cm³/mol. The van der Waals surface area contributed by atoms with E-state index in [1.54, 1.807) is 0 Å². The highest BCUT2D eigenvalue weighted by molar-refractivity contribution is 5.92. The number of ketones is 1. The van der Waals surface area contributed by atoms with Crippen molar-refractivity contribution in [3.63, 3.8) is 0 Å². The molecule has 2 unspecified atom stereocenters. The van der Waals surface area contributed by atoms with Crippen LogP contribution in [0.3, 0.4) is 0 Å². The summed E-state index contributed by atoms with van der Waals surface area (Å²) in [4.78, 5) is 51.0. The maximum Gasteiger partial charge on any atom is 0.243 e. The fourth-order valence-corrected chi connectivity index (χ4v) is 3.87. The van der Waals surface area contributed by atoms with Gasteiger partial charge in [-0.2, -0.15) is 0 Å². The molecule has 0 aromatic carbocycles. The molecule has 0 saturated carbocycles. The SMILES string of the molecule is C=C1CNC(=O)CNC(=O)[C@H](CCCCCC(=O)C(O)CO)NC(=O)C2CCCCN12. The van der Waals surface area contributed by atoms with Gasteiger partial charge >= 0.3 is 0 Å². The van der Waals surface area contributed by atoms with Crippen LogP contribution in [0.4, 0.5) is 0 Å². The van der Waals surface area contributed by atoms with Gasteiger partial charge in [0, 0.05) is 18.7 Å². The first-order valence-corrected chi connectivity index (χ1v) is 10.9. The van der Waals surface area contributed by atoms with E-state index in [9.17, 15) is 24.3 Å². The molecular weight excluding hydrogens is 404 g/mol. The van der Waals surface area contributed by atoms with E-state index in [1.165, 1.54) is 0 Å². The molecule has 0 bridgehead atoms. The van der Waals surface area contributed by atoms with Gasteiger partial charge in [-0.3, -0.25) is 19.2 Å². The number of unbranched alkanes of at least 4 members (excludes halogenated alkanes) is 2. The van der Waals surface area contributed by atoms with E-state index in [1.807, 2.05) is 4.90 Å². The van der Waals surface area contributed by atoms with Crippen LogP contribution < -0.4 is 16.0 Å². The van der Waals surface area contributed by atoms with Gasteiger partial charge < -0.3 is 31.1 Å². The molecule has 10 nitrogen and oxygen atoms in total. The normalized spacial score (nSPS) is 24.1. The van der Waals surface area contributed by atoms with E-state index in [2.05, 4.69) is 22.5 Å². The number of aliphatic hydroxyl groups excluding tert-OH is 2. The summed E-state index contributed by atoms with van der Waals surface area (Å²) in [7, 11) is 0. The van der Waals surface area contributed by atoms with Crippen LogP contribution in [-0.2, 0) is 19.2 Å². The smallest absolute Gasteiger partial charge is 0.243 e. The molecule has 0 aliphatic carbocycles. The van der Waals surface area contributed by atoms with Crippen LogP contribution in [0.1, 0.15) is 51.4 Å². The van der Waals surface area contributed by atoms with Crippen LogP contribution >= 0.6 is 0 Å². The largest absolute Gasteiger partial charge is 0.393 e. The molecule has 2 aliphatic heterocycles. The maximum atomic E-state index is 13.0. The third-order valence-electron chi connectivity index (χ3n) is 5.72. The van der Waals surface area contributed by atoms with Crippen molar-refractivity contribution in [3.05, 3.63) is 12.3 Å². The Balaban J connectivity index is 1.97. The van der Waals surface area contributed by atoms with Crippen LogP contribution in [0.2, 0.25) is 0 Å². The van der Waals surface area contributed by atoms with Crippen molar-refractivity contribution < 1.29 is 29.4 Å². The second-order valence-corrected chi connectivity index (χ2v) is 8.09. The lowest BCUT2D eigenvalue weighted by Crippen LogP contribution is -2.56. The lowest BCUT2D eigenvalue weighted by Gasteiger charge is -2.38. The molecule has 174 valence electrons. The van der Waals surface area contributed by atoms with Crippen LogP contribution in [0.15, 0.2) is 12.3 Å². The molecule has 3 atom stereocenters. The van der Waals surface area contributed by atoms with Crippen molar-refractivity contribution in [2.24, 2.45) is 0 Å². The van der Waals surface area contributed by atoms with Gasteiger partial charge in [0.05, 0.1) is 19.7 Å². The summed E-state index contributed by atoms with van der Waals surface area (Å²) in [5, 5.41) is 26.2. The average Bonchev–Trinajstić information content (AvgIpc) is 2.78. The summed E-state index contributed by atoms with van der Waals surface area (Å²) in [5.74, 6) is -1.39. The van der Waals surface area contributed by atoms with Gasteiger partial charge in [-0.1, -0.05) is 19.4 Å². The fraction of sp³-hybridized carbons (Fsp3) is 0.714. The molecule has 2 heterocycles. The van der Waals surface area contributed by atoms with Crippen LogP contribution in [-0.4, -0.2) is 83.0 Å². The molecular formula is C21H34N4O6. The molecule has 2 saturated heterocycles. The Morgan fingerprint density at radius 1 is 1.10 bits per heavy atom. The summed E-state index contributed by atoms with van der Waals surface area (Å²) in [6, 6.07) is -1.21. The highest BCUT2D eigenvalue weighted by Crippen LogP contribution is 2.21. The number of rotatable bonds is 8. The third-order valence-corrected chi connectivity index (χ3v) is 5.72. The number of piperidine rings is 1. The lowest BCUT2D eigenvalue weighted by molar-refractivity contribution is -0.133. The van der Waals surface area contributed by atoms with Crippen molar-refractivity contribution in [1.82, 2.24) is 20.9 Å². The average molecular weight is 439 g/mol. The quantitative estimate of drug-likeness (QED) is 0.304. The number of fused-ring (bicyclic) bond motifs is 1. The van der Waals surface area contributed by atoms with Crippen molar-refractivity contribution >= 4 is 23.5 Å². The summed E-state index contributed by atoms with van der Waals surface area (Å²) in [6.07, 6.45) is 3.36. The number of amides is 3. The third kappa shape index (κ3) is 7.62. The lowest BCUT2D eigenvalue weighted by atomic mass is 9.99. The molecule has 5 N–H and O–H groups in total. The molecule has 0 aromatic rings. The maximum absolute atomic E-state index is 13.0. The van der Waals surface area contributed by atoms with Crippen molar-refractivity contribution in [3.8, 4) is 0 Å². The number of aliphatic hydroxyl groups is 2. The fourth-order valence-electron chi connectivity index (χ4n) is 3.87. The zero-order chi connectivity index (χ0) is 22.8. The Hall–Kier alpha value is -2.46. The number of Topliss-reactive ketones (excluding diaryl/α,β-unsaturated/α-hetero) is 1. The summed E-state index contributed by atoms with van der Waals surface area (Å²) >= 11 is 0. The van der Waals surface area contributed by atoms with Gasteiger partial charge in [-0.25, -0.2) is 0 Å². The predicted octanol–water partition coefficient (Wildman–Crippen LogP) is -1.04. The van der Waals surface area contributed by atoms with Gasteiger partial charge in [0.2, 0.25) is 17.7 Å². The molecule has 31 heavy (non-hydrogen) atoms. The Kier molecular flexibility index (Phi) is 9.93. The minimum atomic E-state index is -1.35. The van der Waals surface area contributed by atoms with Gasteiger partial charge in [-0.05, 0) is 32.1 Å². The molecule has 0 spiro atoms. The first kappa shape index (κ1) is 24.8. The second kappa shape index (κ2) is 12.4. The number of carbonyl (C=O) groups excluding carboxylic acids is 4. The summed E-state index contributed by atoms with van der Waals surface area (Å²) in [6.45, 7) is 4.14. The Labute approximate surface area is 182 Å².